The normalized spacial score (nSPS) is 13.3. The van der Waals surface area contributed by atoms with Gasteiger partial charge in [-0.15, -0.1) is 0 Å². The van der Waals surface area contributed by atoms with E-state index in [2.05, 4.69) is 31.3 Å². The lowest BCUT2D eigenvalue weighted by Crippen LogP contribution is -2.49. The predicted molar refractivity (Wildman–Crippen MR) is 264 cm³/mol. The van der Waals surface area contributed by atoms with E-state index in [4.69, 9.17) is 0 Å². The van der Waals surface area contributed by atoms with Crippen LogP contribution in [-0.4, -0.2) is 46.1 Å². The Morgan fingerprint density at radius 2 is 0.633 bits per heavy atom. The first-order valence-corrected chi connectivity index (χ1v) is 27.5. The van der Waals surface area contributed by atoms with Crippen molar-refractivity contribution in [3.8, 4) is 0 Å². The summed E-state index contributed by atoms with van der Waals surface area (Å²) >= 11 is 0. The zero-order valence-corrected chi connectivity index (χ0v) is 40.9. The minimum atomic E-state index is -1.07. The molecular weight excluding hydrogens is 739 g/mol. The van der Waals surface area contributed by atoms with Crippen molar-refractivity contribution in [2.24, 2.45) is 0 Å². The molecule has 358 valence electrons. The Morgan fingerprint density at radius 3 is 0.917 bits per heavy atom. The number of allylic oxidation sites excluding steroid dienone is 2. The minimum absolute atomic E-state index is 0.310. The number of hydrogen-bond acceptors (Lipinski definition) is 4. The maximum atomic E-state index is 12.6. The summed E-state index contributed by atoms with van der Waals surface area (Å²) in [6, 6.07) is -0.709. The number of aliphatic hydroxyl groups excluding tert-OH is 3. The topological polar surface area (TPSA) is 89.8 Å². The number of nitrogens with one attached hydrogen (secondary N) is 1. The number of unbranched alkanes of at least 4 members (excludes halogenated alkanes) is 41. The van der Waals surface area contributed by atoms with Crippen molar-refractivity contribution in [1.82, 2.24) is 5.32 Å². The van der Waals surface area contributed by atoms with Crippen LogP contribution in [0.25, 0.3) is 0 Å². The van der Waals surface area contributed by atoms with Gasteiger partial charge in [0.2, 0.25) is 5.91 Å². The molecule has 0 aliphatic carbocycles. The summed E-state index contributed by atoms with van der Waals surface area (Å²) in [6.45, 7) is 4.27. The summed E-state index contributed by atoms with van der Waals surface area (Å²) < 4.78 is 0. The molecule has 0 saturated heterocycles. The van der Waals surface area contributed by atoms with E-state index in [9.17, 15) is 20.1 Å². The van der Waals surface area contributed by atoms with Gasteiger partial charge in [0.15, 0.2) is 0 Å². The Kier molecular flexibility index (Phi) is 50.0. The molecule has 0 spiro atoms. The highest BCUT2D eigenvalue weighted by Gasteiger charge is 2.23. The number of aliphatic hydroxyl groups is 3. The van der Waals surface area contributed by atoms with E-state index >= 15 is 0 Å². The highest BCUT2D eigenvalue weighted by Crippen LogP contribution is 2.18. The highest BCUT2D eigenvalue weighted by atomic mass is 16.3. The first-order valence-electron chi connectivity index (χ1n) is 27.5. The van der Waals surface area contributed by atoms with Crippen LogP contribution in [0.5, 0.6) is 0 Å². The van der Waals surface area contributed by atoms with Gasteiger partial charge in [0, 0.05) is 0 Å². The predicted octanol–water partition coefficient (Wildman–Crippen LogP) is 16.7. The lowest BCUT2D eigenvalue weighted by molar-refractivity contribution is -0.131. The van der Waals surface area contributed by atoms with E-state index in [-0.39, 0.29) is 6.61 Å². The molecule has 0 rings (SSSR count). The summed E-state index contributed by atoms with van der Waals surface area (Å²) in [6.07, 6.45) is 62.5. The van der Waals surface area contributed by atoms with Crippen molar-refractivity contribution < 1.29 is 20.1 Å². The molecule has 0 aromatic rings. The quantitative estimate of drug-likeness (QED) is 0.0363. The van der Waals surface area contributed by atoms with Gasteiger partial charge in [0.1, 0.15) is 6.10 Å². The van der Waals surface area contributed by atoms with E-state index in [1.54, 1.807) is 0 Å². The molecule has 0 aliphatic heterocycles. The fourth-order valence-electron chi connectivity index (χ4n) is 8.84. The molecule has 3 unspecified atom stereocenters. The molecule has 0 aromatic heterocycles. The summed E-state index contributed by atoms with van der Waals surface area (Å²) in [5.41, 5.74) is 0. The largest absolute Gasteiger partial charge is 0.394 e. The van der Waals surface area contributed by atoms with Crippen LogP contribution < -0.4 is 5.32 Å². The molecule has 1 amide bonds. The van der Waals surface area contributed by atoms with E-state index in [1.165, 1.54) is 250 Å². The van der Waals surface area contributed by atoms with Crippen LogP contribution >= 0.6 is 0 Å². The second-order valence-corrected chi connectivity index (χ2v) is 19.1. The zero-order valence-electron chi connectivity index (χ0n) is 40.9. The Balaban J connectivity index is 3.51. The molecule has 0 aliphatic rings. The van der Waals surface area contributed by atoms with E-state index in [1.807, 2.05) is 0 Å². The van der Waals surface area contributed by atoms with Crippen molar-refractivity contribution in [1.29, 1.82) is 0 Å². The molecule has 0 fully saturated rings. The van der Waals surface area contributed by atoms with Crippen molar-refractivity contribution in [3.63, 3.8) is 0 Å². The molecule has 60 heavy (non-hydrogen) atoms. The van der Waals surface area contributed by atoms with Crippen molar-refractivity contribution in [3.05, 3.63) is 12.2 Å². The molecule has 0 saturated carbocycles. The van der Waals surface area contributed by atoms with Crippen LogP contribution in [0.4, 0.5) is 0 Å². The van der Waals surface area contributed by atoms with Crippen LogP contribution in [0.1, 0.15) is 309 Å². The summed E-state index contributed by atoms with van der Waals surface area (Å²) in [5, 5.41) is 33.5. The molecule has 4 N–H and O–H groups in total. The molecule has 0 bridgehead atoms. The Bertz CT molecular complexity index is 848. The lowest BCUT2D eigenvalue weighted by Gasteiger charge is -2.23. The molecule has 0 radical (unpaired) electrons. The lowest BCUT2D eigenvalue weighted by atomic mass is 10.0. The number of carbonyl (C=O) groups is 1. The van der Waals surface area contributed by atoms with Gasteiger partial charge in [-0.3, -0.25) is 4.79 Å². The SMILES string of the molecule is CCCCCCCCCCCCCC/C=C\CCCCCCCCCCCCCCC(O)C(=O)NC(CO)C(O)CCCCCCCCCCCCCCCCCCCC. The van der Waals surface area contributed by atoms with Crippen LogP contribution in [0, 0.1) is 0 Å². The van der Waals surface area contributed by atoms with Gasteiger partial charge in [-0.1, -0.05) is 283 Å². The van der Waals surface area contributed by atoms with Gasteiger partial charge in [-0.25, -0.2) is 0 Å². The first kappa shape index (κ1) is 59.1. The Morgan fingerprint density at radius 1 is 0.383 bits per heavy atom. The summed E-state index contributed by atoms with van der Waals surface area (Å²) in [4.78, 5) is 12.6. The fourth-order valence-corrected chi connectivity index (χ4v) is 8.84. The van der Waals surface area contributed by atoms with Crippen LogP contribution in [-0.2, 0) is 4.79 Å². The monoisotopic (exact) mass is 848 g/mol. The van der Waals surface area contributed by atoms with Gasteiger partial charge >= 0.3 is 0 Å². The standard InChI is InChI=1S/C55H109NO4/c1-3-5-7-9-11-13-15-17-19-21-23-24-25-26-27-28-29-30-31-32-34-36-38-40-42-44-46-48-50-54(59)55(60)56-52(51-57)53(58)49-47-45-43-41-39-37-35-33-22-20-18-16-14-12-10-8-6-4-2/h26-27,52-54,57-59H,3-25,28-51H2,1-2H3,(H,56,60)/b27-26-. The van der Waals surface area contributed by atoms with E-state index in [0.717, 1.165) is 32.1 Å². The molecule has 3 atom stereocenters. The zero-order chi connectivity index (χ0) is 43.7. The molecule has 0 heterocycles. The minimum Gasteiger partial charge on any atom is -0.394 e. The Hall–Kier alpha value is -0.910. The van der Waals surface area contributed by atoms with Gasteiger partial charge in [-0.2, -0.15) is 0 Å². The average molecular weight is 848 g/mol. The van der Waals surface area contributed by atoms with Crippen LogP contribution in [0.2, 0.25) is 0 Å². The van der Waals surface area contributed by atoms with Crippen LogP contribution in [0.3, 0.4) is 0 Å². The summed E-state index contributed by atoms with van der Waals surface area (Å²) in [7, 11) is 0. The van der Waals surface area contributed by atoms with Crippen molar-refractivity contribution in [2.45, 2.75) is 327 Å². The highest BCUT2D eigenvalue weighted by molar-refractivity contribution is 5.80. The van der Waals surface area contributed by atoms with E-state index in [0.29, 0.717) is 12.8 Å². The molecule has 0 aromatic carbocycles. The third-order valence-electron chi connectivity index (χ3n) is 13.1. The number of hydrogen-bond donors (Lipinski definition) is 4. The van der Waals surface area contributed by atoms with Gasteiger partial charge in [-0.05, 0) is 38.5 Å². The molecule has 5 nitrogen and oxygen atoms in total. The van der Waals surface area contributed by atoms with Crippen molar-refractivity contribution >= 4 is 5.91 Å². The number of amides is 1. The first-order chi connectivity index (χ1) is 29.6. The molecule has 5 heteroatoms. The van der Waals surface area contributed by atoms with E-state index < -0.39 is 24.2 Å². The van der Waals surface area contributed by atoms with Gasteiger partial charge < -0.3 is 20.6 Å². The van der Waals surface area contributed by atoms with Gasteiger partial charge in [0.25, 0.3) is 0 Å². The van der Waals surface area contributed by atoms with Gasteiger partial charge in [0.05, 0.1) is 18.8 Å². The Labute approximate surface area is 376 Å². The third-order valence-corrected chi connectivity index (χ3v) is 13.1. The van der Waals surface area contributed by atoms with Crippen LogP contribution in [0.15, 0.2) is 12.2 Å². The number of carbonyl (C=O) groups excluding carboxylic acids is 1. The maximum Gasteiger partial charge on any atom is 0.249 e. The second kappa shape index (κ2) is 50.7. The van der Waals surface area contributed by atoms with Crippen molar-refractivity contribution in [2.75, 3.05) is 6.61 Å². The average Bonchev–Trinajstić information content (AvgIpc) is 3.25. The fraction of sp³-hybridized carbons (Fsp3) is 0.945. The summed E-state index contributed by atoms with van der Waals surface area (Å²) in [5.74, 6) is -0.465. The maximum absolute atomic E-state index is 12.6. The third kappa shape index (κ3) is 45.1. The molecular formula is C55H109NO4. The smallest absolute Gasteiger partial charge is 0.249 e. The number of rotatable bonds is 51. The second-order valence-electron chi connectivity index (χ2n) is 19.1.